The minimum Gasteiger partial charge on any atom is -0.299 e. The van der Waals surface area contributed by atoms with Gasteiger partial charge in [-0.25, -0.2) is 0 Å². The summed E-state index contributed by atoms with van der Waals surface area (Å²) in [6.07, 6.45) is 0.0223. The zero-order chi connectivity index (χ0) is 10.5. The van der Waals surface area contributed by atoms with Gasteiger partial charge in [-0.1, -0.05) is 20.8 Å². The summed E-state index contributed by atoms with van der Waals surface area (Å²) in [5.74, 6) is -0.00532. The third kappa shape index (κ3) is 7.48. The van der Waals surface area contributed by atoms with E-state index in [9.17, 15) is 4.79 Å². The fourth-order valence-corrected chi connectivity index (χ4v) is 1.31. The molecule has 0 amide bonds. The van der Waals surface area contributed by atoms with Crippen LogP contribution in [0.3, 0.4) is 0 Å². The number of likely N-dealkylation sites (N-methyl/N-ethyl adjacent to an activating group) is 1. The second-order valence-corrected chi connectivity index (χ2v) is 4.61. The molecule has 0 aliphatic rings. The Morgan fingerprint density at radius 2 is 2.00 bits per heavy atom. The van der Waals surface area contributed by atoms with Crippen molar-refractivity contribution in [3.05, 3.63) is 0 Å². The number of nitrogens with zero attached hydrogens (tertiary/aromatic N) is 2. The topological polar surface area (TPSA) is 44.1 Å². The Labute approximate surface area is 80.3 Å². The molecule has 0 aliphatic heterocycles. The Balaban J connectivity index is 3.82. The molecule has 0 aromatic heterocycles. The Bertz CT molecular complexity index is 210. The van der Waals surface area contributed by atoms with Crippen LogP contribution in [0.1, 0.15) is 27.2 Å². The number of carbonyl (C=O) groups excluding carboxylic acids is 1. The molecule has 3 nitrogen and oxygen atoms in total. The molecule has 0 spiro atoms. The molecule has 0 atom stereocenters. The standard InChI is InChI=1S/C10H18N2O/c1-10(2,3)8-12(4)7-9(13)5-6-11/h5,7-8H2,1-4H3. The molecule has 3 heteroatoms. The first-order valence-electron chi connectivity index (χ1n) is 4.42. The lowest BCUT2D eigenvalue weighted by Crippen LogP contribution is -2.33. The van der Waals surface area contributed by atoms with Gasteiger partial charge in [-0.3, -0.25) is 9.69 Å². The minimum atomic E-state index is -0.00532. The van der Waals surface area contributed by atoms with E-state index in [0.29, 0.717) is 6.54 Å². The molecule has 0 aliphatic carbocycles. The lowest BCUT2D eigenvalue weighted by Gasteiger charge is -2.25. The van der Waals surface area contributed by atoms with Crippen molar-refractivity contribution in [1.82, 2.24) is 4.90 Å². The summed E-state index contributed by atoms with van der Waals surface area (Å²) in [6, 6.07) is 1.86. The number of hydrogen-bond donors (Lipinski definition) is 0. The van der Waals surface area contributed by atoms with Crippen molar-refractivity contribution in [2.75, 3.05) is 20.1 Å². The largest absolute Gasteiger partial charge is 0.299 e. The fraction of sp³-hybridized carbons (Fsp3) is 0.800. The SMILES string of the molecule is CN(CC(=O)CC#N)CC(C)(C)C. The average molecular weight is 182 g/mol. The summed E-state index contributed by atoms with van der Waals surface area (Å²) in [5, 5.41) is 8.29. The number of Topliss-reactive ketones (excluding diaryl/α,β-unsaturated/α-hetero) is 1. The molecule has 0 N–H and O–H groups in total. The second kappa shape index (κ2) is 4.98. The second-order valence-electron chi connectivity index (χ2n) is 4.61. The summed E-state index contributed by atoms with van der Waals surface area (Å²) >= 11 is 0. The van der Waals surface area contributed by atoms with Gasteiger partial charge in [-0.05, 0) is 12.5 Å². The lowest BCUT2D eigenvalue weighted by molar-refractivity contribution is -0.119. The maximum Gasteiger partial charge on any atom is 0.160 e. The van der Waals surface area contributed by atoms with E-state index in [1.807, 2.05) is 18.0 Å². The van der Waals surface area contributed by atoms with E-state index in [0.717, 1.165) is 6.54 Å². The number of nitriles is 1. The van der Waals surface area contributed by atoms with Crippen LogP contribution in [0.2, 0.25) is 0 Å². The molecule has 0 fully saturated rings. The van der Waals surface area contributed by atoms with Crippen LogP contribution in [0.4, 0.5) is 0 Å². The summed E-state index contributed by atoms with van der Waals surface area (Å²) in [4.78, 5) is 13.0. The van der Waals surface area contributed by atoms with E-state index in [1.165, 1.54) is 0 Å². The van der Waals surface area contributed by atoms with Crippen LogP contribution in [-0.2, 0) is 4.79 Å². The first kappa shape index (κ1) is 12.1. The van der Waals surface area contributed by atoms with E-state index in [4.69, 9.17) is 5.26 Å². The Morgan fingerprint density at radius 3 is 2.38 bits per heavy atom. The lowest BCUT2D eigenvalue weighted by atomic mass is 9.96. The number of ketones is 1. The normalized spacial score (nSPS) is 11.4. The van der Waals surface area contributed by atoms with Gasteiger partial charge in [0.25, 0.3) is 0 Å². The molecule has 13 heavy (non-hydrogen) atoms. The van der Waals surface area contributed by atoms with Crippen LogP contribution in [0, 0.1) is 16.7 Å². The third-order valence-corrected chi connectivity index (χ3v) is 1.47. The molecule has 0 rings (SSSR count). The van der Waals surface area contributed by atoms with E-state index in [2.05, 4.69) is 20.8 Å². The molecular weight excluding hydrogens is 164 g/mol. The molecule has 0 aromatic carbocycles. The third-order valence-electron chi connectivity index (χ3n) is 1.47. The summed E-state index contributed by atoms with van der Waals surface area (Å²) in [7, 11) is 1.90. The molecule has 0 aromatic rings. The maximum atomic E-state index is 11.1. The number of hydrogen-bond acceptors (Lipinski definition) is 3. The van der Waals surface area contributed by atoms with Crippen molar-refractivity contribution in [1.29, 1.82) is 5.26 Å². The highest BCUT2D eigenvalue weighted by atomic mass is 16.1. The highest BCUT2D eigenvalue weighted by Gasteiger charge is 2.15. The number of carbonyl (C=O) groups is 1. The van der Waals surface area contributed by atoms with E-state index < -0.39 is 0 Å². The number of rotatable bonds is 4. The van der Waals surface area contributed by atoms with Crippen LogP contribution in [0.5, 0.6) is 0 Å². The fourth-order valence-electron chi connectivity index (χ4n) is 1.31. The van der Waals surface area contributed by atoms with Gasteiger partial charge in [-0.2, -0.15) is 5.26 Å². The zero-order valence-electron chi connectivity index (χ0n) is 8.92. The summed E-state index contributed by atoms with van der Waals surface area (Å²) < 4.78 is 0. The molecule has 0 radical (unpaired) electrons. The van der Waals surface area contributed by atoms with Crippen molar-refractivity contribution < 1.29 is 4.79 Å². The van der Waals surface area contributed by atoms with Gasteiger partial charge >= 0.3 is 0 Å². The van der Waals surface area contributed by atoms with Gasteiger partial charge in [0, 0.05) is 6.54 Å². The molecule has 0 unspecified atom stereocenters. The quantitative estimate of drug-likeness (QED) is 0.661. The van der Waals surface area contributed by atoms with Crippen molar-refractivity contribution in [2.45, 2.75) is 27.2 Å². The average Bonchev–Trinajstić information content (AvgIpc) is 1.81. The van der Waals surface area contributed by atoms with Crippen molar-refractivity contribution in [2.24, 2.45) is 5.41 Å². The molecular formula is C10H18N2O. The van der Waals surface area contributed by atoms with Crippen LogP contribution in [-0.4, -0.2) is 30.8 Å². The highest BCUT2D eigenvalue weighted by Crippen LogP contribution is 2.13. The van der Waals surface area contributed by atoms with Gasteiger partial charge in [0.05, 0.1) is 19.0 Å². The van der Waals surface area contributed by atoms with Crippen molar-refractivity contribution in [3.63, 3.8) is 0 Å². The van der Waals surface area contributed by atoms with Gasteiger partial charge in [-0.15, -0.1) is 0 Å². The van der Waals surface area contributed by atoms with Crippen LogP contribution in [0.25, 0.3) is 0 Å². The molecule has 0 bridgehead atoms. The minimum absolute atomic E-state index is 0.00532. The van der Waals surface area contributed by atoms with Crippen molar-refractivity contribution >= 4 is 5.78 Å². The van der Waals surface area contributed by atoms with Gasteiger partial charge in [0.1, 0.15) is 0 Å². The van der Waals surface area contributed by atoms with Crippen molar-refractivity contribution in [3.8, 4) is 6.07 Å². The first-order chi connectivity index (χ1) is 5.85. The smallest absolute Gasteiger partial charge is 0.160 e. The van der Waals surface area contributed by atoms with E-state index in [1.54, 1.807) is 0 Å². The summed E-state index contributed by atoms with van der Waals surface area (Å²) in [5.41, 5.74) is 0.196. The maximum absolute atomic E-state index is 11.1. The van der Waals surface area contributed by atoms with Crippen LogP contribution >= 0.6 is 0 Å². The van der Waals surface area contributed by atoms with Crippen LogP contribution in [0.15, 0.2) is 0 Å². The Morgan fingerprint density at radius 1 is 1.46 bits per heavy atom. The van der Waals surface area contributed by atoms with E-state index in [-0.39, 0.29) is 17.6 Å². The van der Waals surface area contributed by atoms with E-state index >= 15 is 0 Å². The Kier molecular flexibility index (Phi) is 4.64. The van der Waals surface area contributed by atoms with Gasteiger partial charge in [0.15, 0.2) is 5.78 Å². The molecule has 0 saturated carbocycles. The predicted octanol–water partition coefficient (Wildman–Crippen LogP) is 1.45. The summed E-state index contributed by atoms with van der Waals surface area (Å²) in [6.45, 7) is 7.61. The monoisotopic (exact) mass is 182 g/mol. The zero-order valence-corrected chi connectivity index (χ0v) is 8.92. The highest BCUT2D eigenvalue weighted by molar-refractivity contribution is 5.82. The molecule has 0 heterocycles. The Hall–Kier alpha value is -0.880. The molecule has 0 saturated heterocycles. The van der Waals surface area contributed by atoms with Gasteiger partial charge < -0.3 is 0 Å². The van der Waals surface area contributed by atoms with Crippen LogP contribution < -0.4 is 0 Å². The van der Waals surface area contributed by atoms with Gasteiger partial charge in [0.2, 0.25) is 0 Å². The molecule has 74 valence electrons. The predicted molar refractivity (Wildman–Crippen MR) is 52.2 cm³/mol. The first-order valence-corrected chi connectivity index (χ1v) is 4.42.